The summed E-state index contributed by atoms with van der Waals surface area (Å²) in [5.74, 6) is 0.540. The van der Waals surface area contributed by atoms with Crippen molar-refractivity contribution < 1.29 is 4.79 Å². The van der Waals surface area contributed by atoms with E-state index in [9.17, 15) is 4.79 Å². The van der Waals surface area contributed by atoms with Gasteiger partial charge >= 0.3 is 0 Å². The molecule has 0 radical (unpaired) electrons. The fraction of sp³-hybridized carbons (Fsp3) is 0.500. The van der Waals surface area contributed by atoms with Gasteiger partial charge < -0.3 is 5.32 Å². The molecule has 2 aromatic heterocycles. The van der Waals surface area contributed by atoms with Crippen molar-refractivity contribution in [2.45, 2.75) is 85.4 Å². The van der Waals surface area contributed by atoms with Gasteiger partial charge in [0.2, 0.25) is 5.91 Å². The van der Waals surface area contributed by atoms with Crippen molar-refractivity contribution in [1.29, 1.82) is 0 Å². The molecule has 1 aromatic carbocycles. The Kier molecular flexibility index (Phi) is 7.96. The predicted molar refractivity (Wildman–Crippen MR) is 138 cm³/mol. The zero-order valence-electron chi connectivity index (χ0n) is 21.8. The topological polar surface area (TPSA) is 75.9 Å². The molecular weight excluding hydrogens is 436 g/mol. The van der Waals surface area contributed by atoms with Crippen LogP contribution in [0.5, 0.6) is 0 Å². The van der Waals surface area contributed by atoms with E-state index in [2.05, 4.69) is 50.5 Å². The maximum absolute atomic E-state index is 12.9. The average Bonchev–Trinajstić information content (AvgIpc) is 3.12. The van der Waals surface area contributed by atoms with E-state index in [0.29, 0.717) is 18.5 Å². The molecule has 7 nitrogen and oxygen atoms in total. The number of nitrogens with zero attached hydrogens (tertiary/aromatic N) is 5. The SMILES string of the molecule is Cc1cc(C)nc(-n2nc(C)c(CC(=O)NCc3ccccc3CN(C)C3CCCCC3)c2C)n1. The first-order valence-corrected chi connectivity index (χ1v) is 12.7. The summed E-state index contributed by atoms with van der Waals surface area (Å²) in [6.07, 6.45) is 6.88. The number of aromatic nitrogens is 4. The lowest BCUT2D eigenvalue weighted by Crippen LogP contribution is -2.33. The highest BCUT2D eigenvalue weighted by molar-refractivity contribution is 5.79. The number of carbonyl (C=O) groups is 1. The third-order valence-corrected chi connectivity index (χ3v) is 7.15. The lowest BCUT2D eigenvalue weighted by Gasteiger charge is -2.31. The summed E-state index contributed by atoms with van der Waals surface area (Å²) >= 11 is 0. The highest BCUT2D eigenvalue weighted by atomic mass is 16.1. The van der Waals surface area contributed by atoms with Gasteiger partial charge in [-0.25, -0.2) is 14.6 Å². The number of amides is 1. The Morgan fingerprint density at radius 2 is 1.69 bits per heavy atom. The number of hydrogen-bond acceptors (Lipinski definition) is 5. The minimum Gasteiger partial charge on any atom is -0.352 e. The Labute approximate surface area is 209 Å². The Balaban J connectivity index is 1.41. The first-order chi connectivity index (χ1) is 16.8. The molecule has 35 heavy (non-hydrogen) atoms. The molecular formula is C28H38N6O. The van der Waals surface area contributed by atoms with E-state index < -0.39 is 0 Å². The Morgan fingerprint density at radius 3 is 2.37 bits per heavy atom. The molecule has 2 heterocycles. The van der Waals surface area contributed by atoms with Crippen molar-refractivity contribution >= 4 is 5.91 Å². The van der Waals surface area contributed by atoms with Crippen molar-refractivity contribution in [1.82, 2.24) is 30.0 Å². The monoisotopic (exact) mass is 474 g/mol. The highest BCUT2D eigenvalue weighted by Crippen LogP contribution is 2.24. The molecule has 0 saturated heterocycles. The molecule has 1 fully saturated rings. The summed E-state index contributed by atoms with van der Waals surface area (Å²) < 4.78 is 1.74. The normalized spacial score (nSPS) is 14.5. The zero-order valence-corrected chi connectivity index (χ0v) is 21.8. The lowest BCUT2D eigenvalue weighted by atomic mass is 9.94. The maximum atomic E-state index is 12.9. The quantitative estimate of drug-likeness (QED) is 0.520. The molecule has 1 amide bonds. The summed E-state index contributed by atoms with van der Waals surface area (Å²) in [7, 11) is 2.23. The second-order valence-corrected chi connectivity index (χ2v) is 9.94. The molecule has 1 aliphatic carbocycles. The molecule has 1 saturated carbocycles. The van der Waals surface area contributed by atoms with Crippen LogP contribution in [0, 0.1) is 27.7 Å². The van der Waals surface area contributed by atoms with E-state index in [4.69, 9.17) is 0 Å². The number of hydrogen-bond donors (Lipinski definition) is 1. The van der Waals surface area contributed by atoms with Crippen LogP contribution in [0.4, 0.5) is 0 Å². The Bertz CT molecular complexity index is 1160. The van der Waals surface area contributed by atoms with Gasteiger partial charge in [-0.05, 0) is 64.8 Å². The van der Waals surface area contributed by atoms with Gasteiger partial charge in [-0.15, -0.1) is 0 Å². The predicted octanol–water partition coefficient (Wildman–Crippen LogP) is 4.52. The molecule has 3 aromatic rings. The molecule has 1 N–H and O–H groups in total. The van der Waals surface area contributed by atoms with Gasteiger partial charge in [0.15, 0.2) is 0 Å². The van der Waals surface area contributed by atoms with Gasteiger partial charge in [0.05, 0.1) is 12.1 Å². The minimum atomic E-state index is -0.00692. The van der Waals surface area contributed by atoms with Crippen molar-refractivity contribution in [3.63, 3.8) is 0 Å². The summed E-state index contributed by atoms with van der Waals surface area (Å²) in [4.78, 5) is 24.5. The van der Waals surface area contributed by atoms with Crippen LogP contribution in [0.3, 0.4) is 0 Å². The van der Waals surface area contributed by atoms with Crippen LogP contribution in [0.15, 0.2) is 30.3 Å². The van der Waals surface area contributed by atoms with Crippen molar-refractivity contribution in [3.05, 3.63) is 69.8 Å². The lowest BCUT2D eigenvalue weighted by molar-refractivity contribution is -0.120. The molecule has 186 valence electrons. The first-order valence-electron chi connectivity index (χ1n) is 12.7. The van der Waals surface area contributed by atoms with E-state index in [1.165, 1.54) is 43.2 Å². The number of rotatable bonds is 8. The number of nitrogens with one attached hydrogen (secondary N) is 1. The van der Waals surface area contributed by atoms with Gasteiger partial charge in [-0.2, -0.15) is 5.10 Å². The number of benzene rings is 1. The van der Waals surface area contributed by atoms with Crippen LogP contribution in [0.25, 0.3) is 5.95 Å². The third kappa shape index (κ3) is 6.14. The van der Waals surface area contributed by atoms with E-state index >= 15 is 0 Å². The molecule has 0 bridgehead atoms. The summed E-state index contributed by atoms with van der Waals surface area (Å²) in [6.45, 7) is 9.24. The van der Waals surface area contributed by atoms with Crippen LogP contribution in [0.2, 0.25) is 0 Å². The maximum Gasteiger partial charge on any atom is 0.251 e. The van der Waals surface area contributed by atoms with Crippen molar-refractivity contribution in [2.24, 2.45) is 0 Å². The van der Waals surface area contributed by atoms with E-state index in [1.54, 1.807) is 4.68 Å². The molecule has 0 aliphatic heterocycles. The highest BCUT2D eigenvalue weighted by Gasteiger charge is 2.20. The molecule has 7 heteroatoms. The van der Waals surface area contributed by atoms with E-state index in [1.807, 2.05) is 39.8 Å². The van der Waals surface area contributed by atoms with Crippen LogP contribution in [0.1, 0.15) is 71.6 Å². The van der Waals surface area contributed by atoms with E-state index in [0.717, 1.165) is 34.9 Å². The first kappa shape index (κ1) is 25.0. The second kappa shape index (κ2) is 11.1. The third-order valence-electron chi connectivity index (χ3n) is 7.15. The van der Waals surface area contributed by atoms with Crippen LogP contribution < -0.4 is 5.32 Å². The summed E-state index contributed by atoms with van der Waals surface area (Å²) in [5.41, 5.74) is 6.91. The van der Waals surface area contributed by atoms with Crippen LogP contribution >= 0.6 is 0 Å². The van der Waals surface area contributed by atoms with Crippen LogP contribution in [-0.2, 0) is 24.3 Å². The Hall–Kier alpha value is -3.06. The molecule has 0 unspecified atom stereocenters. The summed E-state index contributed by atoms with van der Waals surface area (Å²) in [6, 6.07) is 11.0. The molecule has 1 aliphatic rings. The van der Waals surface area contributed by atoms with Gasteiger partial charge in [-0.1, -0.05) is 43.5 Å². The Morgan fingerprint density at radius 1 is 1.03 bits per heavy atom. The average molecular weight is 475 g/mol. The number of carbonyl (C=O) groups excluding carboxylic acids is 1. The largest absolute Gasteiger partial charge is 0.352 e. The second-order valence-electron chi connectivity index (χ2n) is 9.94. The van der Waals surface area contributed by atoms with Crippen molar-refractivity contribution in [2.75, 3.05) is 7.05 Å². The molecule has 0 atom stereocenters. The number of aryl methyl sites for hydroxylation is 3. The van der Waals surface area contributed by atoms with Gasteiger partial charge in [0.1, 0.15) is 0 Å². The van der Waals surface area contributed by atoms with Crippen molar-refractivity contribution in [3.8, 4) is 5.95 Å². The minimum absolute atomic E-state index is 0.00692. The summed E-state index contributed by atoms with van der Waals surface area (Å²) in [5, 5.41) is 7.77. The van der Waals surface area contributed by atoms with Gasteiger partial charge in [0, 0.05) is 41.8 Å². The smallest absolute Gasteiger partial charge is 0.251 e. The fourth-order valence-corrected chi connectivity index (χ4v) is 5.15. The molecule has 0 spiro atoms. The van der Waals surface area contributed by atoms with Gasteiger partial charge in [0.25, 0.3) is 5.95 Å². The zero-order chi connectivity index (χ0) is 24.9. The van der Waals surface area contributed by atoms with Gasteiger partial charge in [-0.3, -0.25) is 9.69 Å². The molecule has 4 rings (SSSR count). The standard InChI is InChI=1S/C28H38N6O/c1-19-15-20(2)31-28(30-19)34-22(4)26(21(3)32-34)16-27(35)29-17-23-11-9-10-12-24(23)18-33(5)25-13-7-6-8-14-25/h9-12,15,25H,6-8,13-14,16-18H2,1-5H3,(H,29,35). The fourth-order valence-electron chi connectivity index (χ4n) is 5.15. The van der Waals surface area contributed by atoms with E-state index in [-0.39, 0.29) is 12.3 Å². The van der Waals surface area contributed by atoms with Crippen LogP contribution in [-0.4, -0.2) is 43.6 Å².